The number of halogens is 1. The summed E-state index contributed by atoms with van der Waals surface area (Å²) in [6.45, 7) is 0.358. The van der Waals surface area contributed by atoms with Crippen molar-refractivity contribution in [3.8, 4) is 5.75 Å². The highest BCUT2D eigenvalue weighted by Crippen LogP contribution is 2.52. The van der Waals surface area contributed by atoms with E-state index in [0.29, 0.717) is 17.4 Å². The number of fused-ring (bicyclic) bond motifs is 6. The Labute approximate surface area is 196 Å². The predicted octanol–water partition coefficient (Wildman–Crippen LogP) is 5.21. The third-order valence-corrected chi connectivity index (χ3v) is 7.24. The molecule has 0 radical (unpaired) electrons. The van der Waals surface area contributed by atoms with Crippen LogP contribution in [0.3, 0.4) is 0 Å². The van der Waals surface area contributed by atoms with Gasteiger partial charge in [-0.15, -0.1) is 0 Å². The van der Waals surface area contributed by atoms with Crippen LogP contribution < -0.4 is 4.74 Å². The van der Waals surface area contributed by atoms with Gasteiger partial charge >= 0.3 is 0 Å². The molecule has 33 heavy (non-hydrogen) atoms. The summed E-state index contributed by atoms with van der Waals surface area (Å²) in [7, 11) is 0. The van der Waals surface area contributed by atoms with Gasteiger partial charge < -0.3 is 4.74 Å². The first-order valence-corrected chi connectivity index (χ1v) is 11.5. The van der Waals surface area contributed by atoms with E-state index in [1.165, 1.54) is 0 Å². The van der Waals surface area contributed by atoms with Crippen molar-refractivity contribution < 1.29 is 14.3 Å². The van der Waals surface area contributed by atoms with Gasteiger partial charge in [0, 0.05) is 10.6 Å². The van der Waals surface area contributed by atoms with Gasteiger partial charge in [0.05, 0.1) is 18.1 Å². The highest BCUT2D eigenvalue weighted by atomic mass is 35.5. The molecule has 1 aliphatic heterocycles. The summed E-state index contributed by atoms with van der Waals surface area (Å²) in [5.41, 5.74) is 1.72. The fourth-order valence-corrected chi connectivity index (χ4v) is 5.52. The van der Waals surface area contributed by atoms with Gasteiger partial charge in [-0.2, -0.15) is 10.1 Å². The van der Waals surface area contributed by atoms with Crippen LogP contribution in [-0.4, -0.2) is 23.0 Å². The van der Waals surface area contributed by atoms with E-state index in [9.17, 15) is 9.59 Å². The molecular formula is C27H21ClN2O3. The lowest BCUT2D eigenvalue weighted by Gasteiger charge is -2.14. The Morgan fingerprint density at radius 3 is 2.36 bits per heavy atom. The Balaban J connectivity index is 1.32. The first-order chi connectivity index (χ1) is 16.1. The van der Waals surface area contributed by atoms with Crippen molar-refractivity contribution in [3.05, 3.63) is 89.0 Å². The largest absolute Gasteiger partial charge is 0.488 e. The van der Waals surface area contributed by atoms with E-state index in [4.69, 9.17) is 16.3 Å². The zero-order valence-corrected chi connectivity index (χ0v) is 18.5. The Hall–Kier alpha value is -3.44. The van der Waals surface area contributed by atoms with E-state index in [0.717, 1.165) is 33.3 Å². The Morgan fingerprint density at radius 2 is 1.64 bits per heavy atom. The summed E-state index contributed by atoms with van der Waals surface area (Å²) >= 11 is 5.98. The number of benzene rings is 3. The first kappa shape index (κ1) is 20.2. The van der Waals surface area contributed by atoms with Gasteiger partial charge in [-0.1, -0.05) is 66.2 Å². The number of imide groups is 1. The highest BCUT2D eigenvalue weighted by Gasteiger charge is 2.59. The van der Waals surface area contributed by atoms with E-state index < -0.39 is 0 Å². The molecule has 4 atom stereocenters. The summed E-state index contributed by atoms with van der Waals surface area (Å²) in [6, 6.07) is 19.3. The molecule has 164 valence electrons. The number of amides is 2. The highest BCUT2D eigenvalue weighted by molar-refractivity contribution is 6.30. The maximum absolute atomic E-state index is 13.0. The van der Waals surface area contributed by atoms with Crippen molar-refractivity contribution in [1.82, 2.24) is 5.01 Å². The number of hydrogen-bond acceptors (Lipinski definition) is 4. The summed E-state index contributed by atoms with van der Waals surface area (Å²) in [4.78, 5) is 26.0. The van der Waals surface area contributed by atoms with Gasteiger partial charge in [0.2, 0.25) is 0 Å². The van der Waals surface area contributed by atoms with Gasteiger partial charge in [0.1, 0.15) is 12.4 Å². The number of hydrogen-bond donors (Lipinski definition) is 0. The normalized spacial score (nSPS) is 25.5. The number of ether oxygens (including phenoxy) is 1. The molecule has 0 unspecified atom stereocenters. The molecule has 2 aliphatic carbocycles. The molecule has 0 N–H and O–H groups in total. The molecule has 3 aromatic rings. The third-order valence-electron chi connectivity index (χ3n) is 6.99. The van der Waals surface area contributed by atoms with E-state index in [1.54, 1.807) is 6.21 Å². The van der Waals surface area contributed by atoms with Crippen LogP contribution in [0.5, 0.6) is 5.75 Å². The molecule has 0 aromatic heterocycles. The van der Waals surface area contributed by atoms with Crippen molar-refractivity contribution in [2.75, 3.05) is 0 Å². The fraction of sp³-hybridized carbons (Fsp3) is 0.222. The molecule has 5 nitrogen and oxygen atoms in total. The molecule has 1 heterocycles. The molecule has 3 aromatic carbocycles. The van der Waals surface area contributed by atoms with Crippen molar-refractivity contribution in [2.24, 2.45) is 28.8 Å². The van der Waals surface area contributed by atoms with E-state index in [-0.39, 0.29) is 35.5 Å². The zero-order valence-electron chi connectivity index (χ0n) is 17.7. The number of hydrazone groups is 1. The second kappa shape index (κ2) is 7.85. The Morgan fingerprint density at radius 1 is 0.939 bits per heavy atom. The van der Waals surface area contributed by atoms with Crippen LogP contribution in [0, 0.1) is 23.7 Å². The van der Waals surface area contributed by atoms with E-state index >= 15 is 0 Å². The number of nitrogens with zero attached hydrogens (tertiary/aromatic N) is 2. The van der Waals surface area contributed by atoms with Gasteiger partial charge in [-0.3, -0.25) is 9.59 Å². The molecule has 2 fully saturated rings. The topological polar surface area (TPSA) is 59.0 Å². The van der Waals surface area contributed by atoms with Crippen LogP contribution in [-0.2, 0) is 16.2 Å². The number of allylic oxidation sites excluding steroid dienone is 2. The van der Waals surface area contributed by atoms with Crippen molar-refractivity contribution in [1.29, 1.82) is 0 Å². The smallest absolute Gasteiger partial charge is 0.254 e. The predicted molar refractivity (Wildman–Crippen MR) is 127 cm³/mol. The second-order valence-electron chi connectivity index (χ2n) is 8.85. The second-order valence-corrected chi connectivity index (χ2v) is 9.28. The molecule has 6 heteroatoms. The average Bonchev–Trinajstić information content (AvgIpc) is 3.52. The van der Waals surface area contributed by atoms with Crippen LogP contribution in [0.25, 0.3) is 10.8 Å². The standard InChI is InChI=1S/C27H21ClN2O3/c28-20-10-5-16(6-11-20)15-33-23-12-9-17-3-1-2-4-21(17)22(23)14-29-30-26(31)24-18-7-8-19(13-18)25(24)27(30)32/h1-12,14,18-19,24-25H,13,15H2/b29-14-/t18-,19-,24-,25+/m0/s1. The minimum absolute atomic E-state index is 0.160. The monoisotopic (exact) mass is 456 g/mol. The molecule has 6 rings (SSSR count). The van der Waals surface area contributed by atoms with Crippen LogP contribution in [0.15, 0.2) is 77.9 Å². The van der Waals surface area contributed by atoms with Gasteiger partial charge in [0.25, 0.3) is 11.8 Å². The molecule has 0 spiro atoms. The maximum Gasteiger partial charge on any atom is 0.254 e. The minimum atomic E-state index is -0.266. The number of carbonyl (C=O) groups excluding carboxylic acids is 2. The van der Waals surface area contributed by atoms with Crippen LogP contribution >= 0.6 is 11.6 Å². The molecule has 1 saturated carbocycles. The average molecular weight is 457 g/mol. The lowest BCUT2D eigenvalue weighted by molar-refractivity contribution is -0.140. The lowest BCUT2D eigenvalue weighted by atomic mass is 9.85. The minimum Gasteiger partial charge on any atom is -0.488 e. The van der Waals surface area contributed by atoms with Crippen LogP contribution in [0.4, 0.5) is 0 Å². The van der Waals surface area contributed by atoms with Crippen molar-refractivity contribution in [3.63, 3.8) is 0 Å². The molecular weight excluding hydrogens is 436 g/mol. The van der Waals surface area contributed by atoms with Crippen LogP contribution in [0.2, 0.25) is 5.02 Å². The maximum atomic E-state index is 13.0. The quantitative estimate of drug-likeness (QED) is 0.300. The van der Waals surface area contributed by atoms with Crippen LogP contribution in [0.1, 0.15) is 17.5 Å². The summed E-state index contributed by atoms with van der Waals surface area (Å²) in [6.07, 6.45) is 6.65. The molecule has 2 bridgehead atoms. The Bertz CT molecular complexity index is 1300. The number of rotatable bonds is 5. The zero-order chi connectivity index (χ0) is 22.5. The lowest BCUT2D eigenvalue weighted by Crippen LogP contribution is -2.28. The summed E-state index contributed by atoms with van der Waals surface area (Å²) in [5, 5.41) is 8.11. The van der Waals surface area contributed by atoms with E-state index in [2.05, 4.69) is 17.3 Å². The molecule has 3 aliphatic rings. The Kier molecular flexibility index (Phi) is 4.80. The molecule has 1 saturated heterocycles. The summed E-state index contributed by atoms with van der Waals surface area (Å²) in [5.74, 6) is 0.0351. The first-order valence-electron chi connectivity index (χ1n) is 11.1. The molecule has 2 amide bonds. The summed E-state index contributed by atoms with van der Waals surface area (Å²) < 4.78 is 6.13. The number of carbonyl (C=O) groups is 2. The van der Waals surface area contributed by atoms with Gasteiger partial charge in [0.15, 0.2) is 0 Å². The van der Waals surface area contributed by atoms with E-state index in [1.807, 2.05) is 60.7 Å². The van der Waals surface area contributed by atoms with Crippen molar-refractivity contribution >= 4 is 40.4 Å². The third kappa shape index (κ3) is 3.35. The van der Waals surface area contributed by atoms with Crippen molar-refractivity contribution in [2.45, 2.75) is 13.0 Å². The van der Waals surface area contributed by atoms with Gasteiger partial charge in [-0.25, -0.2) is 0 Å². The SMILES string of the molecule is O=C1[C@@H]2[C@H](C(=O)N1/N=C\c1c(OCc3ccc(Cl)cc3)ccc3ccccc13)[C@H]1C=C[C@H]2C1. The van der Waals surface area contributed by atoms with Gasteiger partial charge in [-0.05, 0) is 52.8 Å². The fourth-order valence-electron chi connectivity index (χ4n) is 5.39.